The fourth-order valence-electron chi connectivity index (χ4n) is 4.57. The molecule has 11 heteroatoms. The van der Waals surface area contributed by atoms with Gasteiger partial charge in [-0.2, -0.15) is 18.3 Å². The summed E-state index contributed by atoms with van der Waals surface area (Å²) in [4.78, 5) is 23.3. The van der Waals surface area contributed by atoms with Crippen molar-refractivity contribution in [1.29, 1.82) is 0 Å². The van der Waals surface area contributed by atoms with Crippen molar-refractivity contribution in [2.45, 2.75) is 32.5 Å². The molecule has 0 aliphatic carbocycles. The lowest BCUT2D eigenvalue weighted by Gasteiger charge is -2.28. The van der Waals surface area contributed by atoms with Gasteiger partial charge in [0.05, 0.1) is 5.56 Å². The number of pyridine rings is 2. The number of piperazine rings is 1. The molecule has 0 saturated carbocycles. The molecule has 206 valence electrons. The normalized spacial score (nSPS) is 14.2. The molecule has 4 aromatic rings. The highest BCUT2D eigenvalue weighted by Crippen LogP contribution is 2.33. The van der Waals surface area contributed by atoms with Gasteiger partial charge in [0.2, 0.25) is 0 Å². The average molecular weight is 548 g/mol. The Morgan fingerprint density at radius 3 is 2.60 bits per heavy atom. The molecule has 0 spiro atoms. The fourth-order valence-corrected chi connectivity index (χ4v) is 4.57. The van der Waals surface area contributed by atoms with E-state index in [9.17, 15) is 18.0 Å². The van der Waals surface area contributed by atoms with E-state index in [1.807, 2.05) is 11.0 Å². The number of carbonyl (C=O) groups excluding carboxylic acids is 1. The Labute approximate surface area is 229 Å². The second kappa shape index (κ2) is 11.5. The van der Waals surface area contributed by atoms with Crippen LogP contribution in [-0.2, 0) is 12.7 Å². The van der Waals surface area contributed by atoms with Crippen molar-refractivity contribution in [2.24, 2.45) is 0 Å². The molecule has 1 fully saturated rings. The summed E-state index contributed by atoms with van der Waals surface area (Å²) in [5.41, 5.74) is 2.09. The van der Waals surface area contributed by atoms with Gasteiger partial charge >= 0.3 is 6.18 Å². The van der Waals surface area contributed by atoms with Crippen LogP contribution in [-0.4, -0.2) is 57.2 Å². The first-order chi connectivity index (χ1) is 19.2. The maximum Gasteiger partial charge on any atom is 0.416 e. The Hall–Kier alpha value is -4.27. The molecule has 1 saturated heterocycles. The van der Waals surface area contributed by atoms with E-state index < -0.39 is 17.6 Å². The molecule has 4 heterocycles. The smallest absolute Gasteiger partial charge is 0.314 e. The number of carbonyl (C=O) groups is 1. The number of amides is 1. The summed E-state index contributed by atoms with van der Waals surface area (Å²) in [6, 6.07) is 8.86. The van der Waals surface area contributed by atoms with Crippen molar-refractivity contribution in [1.82, 2.24) is 30.4 Å². The minimum Gasteiger partial charge on any atom is -0.314 e. The Balaban J connectivity index is 1.33. The van der Waals surface area contributed by atoms with Crippen LogP contribution in [0.15, 0.2) is 48.8 Å². The summed E-state index contributed by atoms with van der Waals surface area (Å²) in [7, 11) is 0. The van der Waals surface area contributed by atoms with Crippen LogP contribution in [0.2, 0.25) is 0 Å². The van der Waals surface area contributed by atoms with Gasteiger partial charge < -0.3 is 10.6 Å². The Morgan fingerprint density at radius 2 is 1.85 bits per heavy atom. The number of rotatable bonds is 5. The van der Waals surface area contributed by atoms with Crippen LogP contribution in [0.5, 0.6) is 0 Å². The third-order valence-corrected chi connectivity index (χ3v) is 6.65. The number of alkyl halides is 3. The number of nitrogens with one attached hydrogen (secondary N) is 3. The first-order valence-electron chi connectivity index (χ1n) is 12.9. The summed E-state index contributed by atoms with van der Waals surface area (Å²) >= 11 is 0. The van der Waals surface area contributed by atoms with Crippen LogP contribution < -0.4 is 10.6 Å². The molecule has 0 unspecified atom stereocenters. The van der Waals surface area contributed by atoms with Crippen LogP contribution in [0.3, 0.4) is 0 Å². The zero-order valence-corrected chi connectivity index (χ0v) is 22.1. The number of benzene rings is 1. The number of hydrogen-bond donors (Lipinski definition) is 3. The number of fused-ring (bicyclic) bond motifs is 1. The average Bonchev–Trinajstić information content (AvgIpc) is 3.36. The zero-order valence-electron chi connectivity index (χ0n) is 22.1. The van der Waals surface area contributed by atoms with Crippen LogP contribution >= 0.6 is 0 Å². The van der Waals surface area contributed by atoms with E-state index in [4.69, 9.17) is 0 Å². The number of halogens is 3. The van der Waals surface area contributed by atoms with Gasteiger partial charge in [-0.05, 0) is 41.8 Å². The lowest BCUT2D eigenvalue weighted by Crippen LogP contribution is -2.43. The molecule has 8 nitrogen and oxygen atoms in total. The maximum absolute atomic E-state index is 13.9. The number of anilines is 1. The van der Waals surface area contributed by atoms with Gasteiger partial charge in [-0.1, -0.05) is 31.8 Å². The van der Waals surface area contributed by atoms with Gasteiger partial charge in [0.15, 0.2) is 5.65 Å². The third-order valence-electron chi connectivity index (χ3n) is 6.65. The van der Waals surface area contributed by atoms with E-state index >= 15 is 0 Å². The summed E-state index contributed by atoms with van der Waals surface area (Å²) in [5.74, 6) is 5.82. The lowest BCUT2D eigenvalue weighted by molar-refractivity contribution is -0.138. The fraction of sp³-hybridized carbons (Fsp3) is 0.310. The van der Waals surface area contributed by atoms with E-state index in [0.717, 1.165) is 30.2 Å². The van der Waals surface area contributed by atoms with Gasteiger partial charge in [-0.15, -0.1) is 0 Å². The Morgan fingerprint density at radius 1 is 1.07 bits per heavy atom. The Kier molecular flexibility index (Phi) is 7.82. The minimum atomic E-state index is -4.59. The van der Waals surface area contributed by atoms with Crippen LogP contribution in [0, 0.1) is 11.8 Å². The first-order valence-corrected chi connectivity index (χ1v) is 12.9. The molecule has 1 aliphatic heterocycles. The van der Waals surface area contributed by atoms with Crippen molar-refractivity contribution in [3.8, 4) is 11.8 Å². The second-order valence-electron chi connectivity index (χ2n) is 9.92. The highest BCUT2D eigenvalue weighted by Gasteiger charge is 2.34. The highest BCUT2D eigenvalue weighted by atomic mass is 19.4. The topological polar surface area (TPSA) is 98.8 Å². The molecule has 0 radical (unpaired) electrons. The molecule has 1 aromatic carbocycles. The number of aromatic nitrogens is 4. The summed E-state index contributed by atoms with van der Waals surface area (Å²) < 4.78 is 41.6. The molecule has 5 rings (SSSR count). The van der Waals surface area contributed by atoms with Gasteiger partial charge in [0, 0.05) is 72.9 Å². The first kappa shape index (κ1) is 27.3. The second-order valence-corrected chi connectivity index (χ2v) is 9.92. The monoisotopic (exact) mass is 547 g/mol. The number of nitrogens with zero attached hydrogens (tertiary/aromatic N) is 4. The van der Waals surface area contributed by atoms with E-state index in [2.05, 4.69) is 56.5 Å². The van der Waals surface area contributed by atoms with E-state index in [1.54, 1.807) is 18.3 Å². The van der Waals surface area contributed by atoms with Gasteiger partial charge in [-0.25, -0.2) is 9.97 Å². The van der Waals surface area contributed by atoms with Crippen molar-refractivity contribution >= 4 is 22.8 Å². The summed E-state index contributed by atoms with van der Waals surface area (Å²) in [5, 5.41) is 13.9. The third kappa shape index (κ3) is 6.30. The quantitative estimate of drug-likeness (QED) is 0.317. The van der Waals surface area contributed by atoms with Gasteiger partial charge in [0.1, 0.15) is 5.82 Å². The standard InChI is InChI=1S/C29H28F3N7O/c1-18(2)26-23-13-20(16-35-27(23)38-37-26)4-3-19-7-8-34-25(14-19)36-28(40)21-5-6-22(24(15-21)29(30,31)32)17-39-11-9-33-10-12-39/h5-8,13-16,18,33H,9-12,17H2,1-2H3,(H,34,36,40)(H,35,37,38). The van der Waals surface area contributed by atoms with Gasteiger partial charge in [0.25, 0.3) is 5.91 Å². The SMILES string of the molecule is CC(C)c1[nH]nc2ncc(C#Cc3ccnc(NC(=O)c4ccc(CN5CCNCC5)c(C(F)(F)F)c4)c3)cc12. The summed E-state index contributed by atoms with van der Waals surface area (Å²) in [6.07, 6.45) is -1.47. The van der Waals surface area contributed by atoms with Crippen LogP contribution in [0.25, 0.3) is 11.0 Å². The lowest BCUT2D eigenvalue weighted by atomic mass is 10.0. The molecule has 0 atom stereocenters. The molecule has 1 amide bonds. The van der Waals surface area contributed by atoms with E-state index in [0.29, 0.717) is 29.9 Å². The molecular formula is C29H28F3N7O. The molecule has 40 heavy (non-hydrogen) atoms. The molecule has 3 aromatic heterocycles. The molecule has 0 bridgehead atoms. The largest absolute Gasteiger partial charge is 0.416 e. The highest BCUT2D eigenvalue weighted by molar-refractivity contribution is 6.04. The number of aromatic amines is 1. The van der Waals surface area contributed by atoms with Crippen molar-refractivity contribution < 1.29 is 18.0 Å². The van der Waals surface area contributed by atoms with Crippen molar-refractivity contribution in [3.05, 3.63) is 82.3 Å². The van der Waals surface area contributed by atoms with Crippen LogP contribution in [0.1, 0.15) is 58.1 Å². The van der Waals surface area contributed by atoms with Crippen molar-refractivity contribution in [3.63, 3.8) is 0 Å². The molecular weight excluding hydrogens is 519 g/mol. The van der Waals surface area contributed by atoms with Gasteiger partial charge in [-0.3, -0.25) is 14.8 Å². The van der Waals surface area contributed by atoms with E-state index in [-0.39, 0.29) is 29.4 Å². The summed E-state index contributed by atoms with van der Waals surface area (Å²) in [6.45, 7) is 7.08. The minimum absolute atomic E-state index is 0.102. The predicted molar refractivity (Wildman–Crippen MR) is 146 cm³/mol. The zero-order chi connectivity index (χ0) is 28.3. The van der Waals surface area contributed by atoms with Crippen molar-refractivity contribution in [2.75, 3.05) is 31.5 Å². The Bertz CT molecular complexity index is 1590. The maximum atomic E-state index is 13.9. The van der Waals surface area contributed by atoms with E-state index in [1.165, 1.54) is 18.3 Å². The predicted octanol–water partition coefficient (Wildman–Crippen LogP) is 4.55. The van der Waals surface area contributed by atoms with Crippen LogP contribution in [0.4, 0.5) is 19.0 Å². The number of H-pyrrole nitrogens is 1. The molecule has 1 aliphatic rings. The number of hydrogen-bond acceptors (Lipinski definition) is 6. The molecule has 3 N–H and O–H groups in total.